The van der Waals surface area contributed by atoms with Gasteiger partial charge in [0.2, 0.25) is 5.82 Å². The van der Waals surface area contributed by atoms with Gasteiger partial charge in [0, 0.05) is 5.56 Å². The number of halogens is 3. The Morgan fingerprint density at radius 2 is 1.67 bits per heavy atom. The molecule has 1 nitrogen and oxygen atoms in total. The van der Waals surface area contributed by atoms with Crippen molar-refractivity contribution in [2.75, 3.05) is 6.61 Å². The fourth-order valence-electron chi connectivity index (χ4n) is 3.98. The van der Waals surface area contributed by atoms with Gasteiger partial charge in [-0.05, 0) is 74.6 Å². The zero-order valence-corrected chi connectivity index (χ0v) is 15.8. The van der Waals surface area contributed by atoms with Crippen LogP contribution in [-0.2, 0) is 0 Å². The van der Waals surface area contributed by atoms with Crippen LogP contribution in [0.3, 0.4) is 0 Å². The summed E-state index contributed by atoms with van der Waals surface area (Å²) in [5.74, 6) is -1.72. The van der Waals surface area contributed by atoms with Gasteiger partial charge in [-0.15, -0.1) is 0 Å². The zero-order valence-electron chi connectivity index (χ0n) is 15.8. The molecule has 1 aliphatic carbocycles. The van der Waals surface area contributed by atoms with Gasteiger partial charge in [0.1, 0.15) is 5.82 Å². The summed E-state index contributed by atoms with van der Waals surface area (Å²) < 4.78 is 47.9. The molecule has 0 heterocycles. The Bertz CT molecular complexity index is 821. The van der Waals surface area contributed by atoms with Gasteiger partial charge in [-0.25, -0.2) is 8.78 Å². The molecule has 0 N–H and O–H groups in total. The van der Waals surface area contributed by atoms with E-state index in [4.69, 9.17) is 4.74 Å². The topological polar surface area (TPSA) is 9.23 Å². The van der Waals surface area contributed by atoms with Crippen molar-refractivity contribution < 1.29 is 17.9 Å². The van der Waals surface area contributed by atoms with Crippen LogP contribution in [0.5, 0.6) is 5.75 Å². The molecule has 0 saturated heterocycles. The second-order valence-electron chi connectivity index (χ2n) is 7.04. The normalized spacial score (nSPS) is 20.2. The second kappa shape index (κ2) is 8.64. The Labute approximate surface area is 158 Å². The van der Waals surface area contributed by atoms with Gasteiger partial charge < -0.3 is 4.74 Å². The molecule has 0 unspecified atom stereocenters. The van der Waals surface area contributed by atoms with Crippen LogP contribution in [0.2, 0.25) is 0 Å². The van der Waals surface area contributed by atoms with Crippen LogP contribution < -0.4 is 4.74 Å². The molecule has 0 radical (unpaired) electrons. The number of benzene rings is 2. The molecule has 3 rings (SSSR count). The maximum atomic E-state index is 14.4. The molecular formula is C23H25F3O. The van der Waals surface area contributed by atoms with E-state index in [2.05, 4.69) is 0 Å². The van der Waals surface area contributed by atoms with E-state index in [1.807, 2.05) is 19.1 Å². The van der Waals surface area contributed by atoms with Crippen molar-refractivity contribution in [2.24, 2.45) is 0 Å². The van der Waals surface area contributed by atoms with E-state index in [-0.39, 0.29) is 23.4 Å². The molecule has 0 amide bonds. The molecule has 0 aromatic heterocycles. The molecule has 0 bridgehead atoms. The average molecular weight is 374 g/mol. The molecule has 144 valence electrons. The molecule has 27 heavy (non-hydrogen) atoms. The van der Waals surface area contributed by atoms with Crippen LogP contribution in [0.1, 0.15) is 68.1 Å². The monoisotopic (exact) mass is 374 g/mol. The molecule has 1 aliphatic rings. The molecule has 0 spiro atoms. The third-order valence-electron chi connectivity index (χ3n) is 5.39. The number of hydrogen-bond donors (Lipinski definition) is 0. The van der Waals surface area contributed by atoms with Crippen molar-refractivity contribution in [1.82, 2.24) is 0 Å². The highest BCUT2D eigenvalue weighted by Crippen LogP contribution is 2.42. The summed E-state index contributed by atoms with van der Waals surface area (Å²) in [5, 5.41) is 0. The van der Waals surface area contributed by atoms with Crippen molar-refractivity contribution in [3.05, 3.63) is 70.5 Å². The minimum absolute atomic E-state index is 0.0152. The Morgan fingerprint density at radius 1 is 0.963 bits per heavy atom. The van der Waals surface area contributed by atoms with Gasteiger partial charge in [-0.1, -0.05) is 30.4 Å². The van der Waals surface area contributed by atoms with E-state index in [0.717, 1.165) is 31.2 Å². The van der Waals surface area contributed by atoms with Crippen molar-refractivity contribution in [1.29, 1.82) is 0 Å². The number of hydrogen-bond acceptors (Lipinski definition) is 1. The number of ether oxygens (including phenoxy) is 1. The highest BCUT2D eigenvalue weighted by molar-refractivity contribution is 5.50. The van der Waals surface area contributed by atoms with Gasteiger partial charge in [-0.3, -0.25) is 0 Å². The van der Waals surface area contributed by atoms with Crippen LogP contribution in [0.15, 0.2) is 36.4 Å². The molecule has 1 saturated carbocycles. The second-order valence-corrected chi connectivity index (χ2v) is 7.04. The summed E-state index contributed by atoms with van der Waals surface area (Å²) >= 11 is 0. The number of allylic oxidation sites excluding steroid dienone is 1. The quantitative estimate of drug-likeness (QED) is 0.549. The zero-order chi connectivity index (χ0) is 19.4. The van der Waals surface area contributed by atoms with E-state index >= 15 is 0 Å². The van der Waals surface area contributed by atoms with Crippen molar-refractivity contribution in [3.8, 4) is 5.75 Å². The highest BCUT2D eigenvalue weighted by atomic mass is 19.2. The van der Waals surface area contributed by atoms with Crippen LogP contribution in [0, 0.1) is 17.5 Å². The summed E-state index contributed by atoms with van der Waals surface area (Å²) in [6, 6.07) is 8.54. The van der Waals surface area contributed by atoms with Gasteiger partial charge in [0.05, 0.1) is 6.61 Å². The summed E-state index contributed by atoms with van der Waals surface area (Å²) in [4.78, 5) is 0. The largest absolute Gasteiger partial charge is 0.491 e. The molecule has 0 aliphatic heterocycles. The average Bonchev–Trinajstić information content (AvgIpc) is 2.68. The van der Waals surface area contributed by atoms with Gasteiger partial charge in [-0.2, -0.15) is 4.39 Å². The van der Waals surface area contributed by atoms with E-state index < -0.39 is 11.6 Å². The SMILES string of the molecule is C/C=C/c1ccc(C2CCC(c3ccc(OCC)c(F)c3F)CC2)cc1F. The highest BCUT2D eigenvalue weighted by Gasteiger charge is 2.27. The first-order valence-corrected chi connectivity index (χ1v) is 9.58. The Kier molecular flexibility index (Phi) is 6.25. The standard InChI is InChI=1S/C23H25F3O/c1-3-5-17-10-11-18(14-20(17)24)15-6-8-16(9-7-15)19-12-13-21(27-4-2)23(26)22(19)25/h3,5,10-16H,4,6-9H2,1-2H3/b5-3+. The third-order valence-corrected chi connectivity index (χ3v) is 5.39. The van der Waals surface area contributed by atoms with Crippen molar-refractivity contribution >= 4 is 6.08 Å². The summed E-state index contributed by atoms with van der Waals surface area (Å²) in [5.41, 5.74) is 1.99. The smallest absolute Gasteiger partial charge is 0.200 e. The lowest BCUT2D eigenvalue weighted by Crippen LogP contribution is -2.14. The summed E-state index contributed by atoms with van der Waals surface area (Å²) in [7, 11) is 0. The van der Waals surface area contributed by atoms with E-state index in [1.165, 1.54) is 6.07 Å². The summed E-state index contributed by atoms with van der Waals surface area (Å²) in [6.45, 7) is 3.89. The third kappa shape index (κ3) is 4.20. The molecular weight excluding hydrogens is 349 g/mol. The molecule has 2 aromatic carbocycles. The fraction of sp³-hybridized carbons (Fsp3) is 0.391. The van der Waals surface area contributed by atoms with Gasteiger partial charge in [0.25, 0.3) is 0 Å². The van der Waals surface area contributed by atoms with Crippen molar-refractivity contribution in [2.45, 2.75) is 51.4 Å². The Balaban J connectivity index is 1.70. The van der Waals surface area contributed by atoms with Crippen molar-refractivity contribution in [3.63, 3.8) is 0 Å². The predicted octanol–water partition coefficient (Wildman–Crippen LogP) is 6.98. The minimum atomic E-state index is -0.905. The predicted molar refractivity (Wildman–Crippen MR) is 103 cm³/mol. The lowest BCUT2D eigenvalue weighted by atomic mass is 9.76. The lowest BCUT2D eigenvalue weighted by Gasteiger charge is -2.29. The van der Waals surface area contributed by atoms with Crippen LogP contribution >= 0.6 is 0 Å². The first kappa shape index (κ1) is 19.5. The first-order valence-electron chi connectivity index (χ1n) is 9.58. The van der Waals surface area contributed by atoms with Gasteiger partial charge in [0.15, 0.2) is 11.6 Å². The maximum absolute atomic E-state index is 14.4. The van der Waals surface area contributed by atoms with E-state index in [1.54, 1.807) is 31.2 Å². The lowest BCUT2D eigenvalue weighted by molar-refractivity contribution is 0.310. The van der Waals surface area contributed by atoms with Crippen LogP contribution in [-0.4, -0.2) is 6.61 Å². The molecule has 4 heteroatoms. The van der Waals surface area contributed by atoms with Crippen LogP contribution in [0.25, 0.3) is 6.08 Å². The van der Waals surface area contributed by atoms with E-state index in [0.29, 0.717) is 17.7 Å². The summed E-state index contributed by atoms with van der Waals surface area (Å²) in [6.07, 6.45) is 6.75. The number of rotatable bonds is 5. The minimum Gasteiger partial charge on any atom is -0.491 e. The van der Waals surface area contributed by atoms with E-state index in [9.17, 15) is 13.2 Å². The molecule has 2 aromatic rings. The fourth-order valence-corrected chi connectivity index (χ4v) is 3.98. The van der Waals surface area contributed by atoms with Gasteiger partial charge >= 0.3 is 0 Å². The molecule has 0 atom stereocenters. The Morgan fingerprint density at radius 3 is 2.30 bits per heavy atom. The molecule has 1 fully saturated rings. The maximum Gasteiger partial charge on any atom is 0.200 e. The Hall–Kier alpha value is -2.23. The van der Waals surface area contributed by atoms with Crippen LogP contribution in [0.4, 0.5) is 13.2 Å². The first-order chi connectivity index (χ1) is 13.0.